The lowest BCUT2D eigenvalue weighted by Gasteiger charge is -2.12. The summed E-state index contributed by atoms with van der Waals surface area (Å²) in [5.74, 6) is -0.743. The quantitative estimate of drug-likeness (QED) is 0.459. The largest absolute Gasteiger partial charge is 0.505 e. The Bertz CT molecular complexity index is 199. The predicted molar refractivity (Wildman–Crippen MR) is 41.1 cm³/mol. The van der Waals surface area contributed by atoms with Crippen LogP contribution in [0.25, 0.3) is 0 Å². The van der Waals surface area contributed by atoms with E-state index in [1.807, 2.05) is 0 Å². The van der Waals surface area contributed by atoms with Gasteiger partial charge in [0.25, 0.3) is 0 Å². The molecule has 0 rings (SSSR count). The van der Waals surface area contributed by atoms with E-state index in [1.54, 1.807) is 0 Å². The van der Waals surface area contributed by atoms with Crippen molar-refractivity contribution in [3.05, 3.63) is 12.7 Å². The van der Waals surface area contributed by atoms with Crippen LogP contribution in [0.15, 0.2) is 12.7 Å². The molecule has 74 valence electrons. The van der Waals surface area contributed by atoms with E-state index in [0.29, 0.717) is 0 Å². The van der Waals surface area contributed by atoms with Crippen LogP contribution in [-0.2, 0) is 14.3 Å². The Hall–Kier alpha value is -1.56. The van der Waals surface area contributed by atoms with Crippen molar-refractivity contribution in [1.29, 1.82) is 0 Å². The molecule has 0 aliphatic carbocycles. The third kappa shape index (κ3) is 5.68. The van der Waals surface area contributed by atoms with Crippen LogP contribution in [0.5, 0.6) is 0 Å². The first-order chi connectivity index (χ1) is 6.10. The predicted octanol–water partition coefficient (Wildman–Crippen LogP) is -0.229. The molecule has 0 amide bonds. The number of ether oxygens (including phenoxy) is 2. The van der Waals surface area contributed by atoms with E-state index in [2.05, 4.69) is 16.1 Å². The Balaban J connectivity index is 3.81. The van der Waals surface area contributed by atoms with Crippen LogP contribution < -0.4 is 0 Å². The number of hydrogen-bond acceptors (Lipinski definition) is 5. The lowest BCUT2D eigenvalue weighted by Crippen LogP contribution is -2.27. The molecule has 0 aromatic carbocycles. The number of esters is 1. The van der Waals surface area contributed by atoms with Crippen LogP contribution in [0.2, 0.25) is 0 Å². The van der Waals surface area contributed by atoms with E-state index in [0.717, 1.165) is 6.08 Å². The molecule has 0 aromatic heterocycles. The fraction of sp³-hybridized carbons (Fsp3) is 0.429. The van der Waals surface area contributed by atoms with Gasteiger partial charge in [0.1, 0.15) is 6.61 Å². The number of carboxylic acid groups (broad SMARTS) is 1. The van der Waals surface area contributed by atoms with Crippen LogP contribution in [0.1, 0.15) is 0 Å². The van der Waals surface area contributed by atoms with Gasteiger partial charge in [0.15, 0.2) is 6.10 Å². The van der Waals surface area contributed by atoms with E-state index in [9.17, 15) is 9.59 Å². The van der Waals surface area contributed by atoms with Crippen molar-refractivity contribution >= 4 is 12.1 Å². The lowest BCUT2D eigenvalue weighted by molar-refractivity contribution is -0.147. The summed E-state index contributed by atoms with van der Waals surface area (Å²) >= 11 is 0. The van der Waals surface area contributed by atoms with Crippen molar-refractivity contribution in [3.8, 4) is 0 Å². The van der Waals surface area contributed by atoms with Gasteiger partial charge in [-0.15, -0.1) is 0 Å². The zero-order valence-electron chi connectivity index (χ0n) is 6.80. The molecule has 0 heterocycles. The maximum atomic E-state index is 10.6. The Labute approximate surface area is 74.4 Å². The fourth-order valence-electron chi connectivity index (χ4n) is 0.501. The van der Waals surface area contributed by atoms with Crippen molar-refractivity contribution in [3.63, 3.8) is 0 Å². The smallest absolute Gasteiger partial charge is 0.453 e. The first-order valence-electron chi connectivity index (χ1n) is 3.39. The summed E-state index contributed by atoms with van der Waals surface area (Å²) in [4.78, 5) is 20.5. The molecule has 2 N–H and O–H groups in total. The lowest BCUT2D eigenvalue weighted by atomic mass is 10.4. The Kier molecular flexibility index (Phi) is 5.29. The van der Waals surface area contributed by atoms with E-state index < -0.39 is 31.4 Å². The van der Waals surface area contributed by atoms with Crippen LogP contribution in [0.4, 0.5) is 4.79 Å². The summed E-state index contributed by atoms with van der Waals surface area (Å²) in [7, 11) is 0. The normalized spacial score (nSPS) is 11.5. The maximum absolute atomic E-state index is 10.6. The van der Waals surface area contributed by atoms with E-state index >= 15 is 0 Å². The fourth-order valence-corrected chi connectivity index (χ4v) is 0.501. The highest BCUT2D eigenvalue weighted by molar-refractivity contribution is 5.81. The zero-order valence-corrected chi connectivity index (χ0v) is 6.80. The number of carbonyl (C=O) groups excluding carboxylic acids is 1. The zero-order chi connectivity index (χ0) is 10.3. The van der Waals surface area contributed by atoms with Crippen LogP contribution in [-0.4, -0.2) is 41.7 Å². The third-order valence-corrected chi connectivity index (χ3v) is 1.05. The van der Waals surface area contributed by atoms with Gasteiger partial charge in [-0.25, -0.2) is 9.59 Å². The minimum absolute atomic E-state index is 0.397. The molecule has 1 unspecified atom stereocenters. The average Bonchev–Trinajstić information content (AvgIpc) is 2.11. The highest BCUT2D eigenvalue weighted by Gasteiger charge is 2.13. The first kappa shape index (κ1) is 11.4. The summed E-state index contributed by atoms with van der Waals surface area (Å²) in [5.41, 5.74) is 0. The summed E-state index contributed by atoms with van der Waals surface area (Å²) < 4.78 is 8.59. The van der Waals surface area contributed by atoms with E-state index in [4.69, 9.17) is 10.2 Å². The van der Waals surface area contributed by atoms with Crippen LogP contribution in [0, 0.1) is 0 Å². The van der Waals surface area contributed by atoms with Gasteiger partial charge in [-0.3, -0.25) is 0 Å². The van der Waals surface area contributed by atoms with Crippen molar-refractivity contribution in [1.82, 2.24) is 0 Å². The monoisotopic (exact) mass is 190 g/mol. The van der Waals surface area contributed by atoms with Crippen molar-refractivity contribution in [2.75, 3.05) is 13.2 Å². The highest BCUT2D eigenvalue weighted by Crippen LogP contribution is 1.94. The van der Waals surface area contributed by atoms with Gasteiger partial charge in [0.05, 0.1) is 6.61 Å². The molecular weight excluding hydrogens is 180 g/mol. The molecule has 0 aromatic rings. The number of aliphatic hydroxyl groups is 1. The molecule has 13 heavy (non-hydrogen) atoms. The SMILES string of the molecule is C=CC(=O)OC(CO)COC(=O)O. The number of carbonyl (C=O) groups is 2. The van der Waals surface area contributed by atoms with Gasteiger partial charge in [-0.05, 0) is 0 Å². The number of aliphatic hydroxyl groups excluding tert-OH is 1. The minimum Gasteiger partial charge on any atom is -0.453 e. The van der Waals surface area contributed by atoms with E-state index in [1.165, 1.54) is 0 Å². The van der Waals surface area contributed by atoms with E-state index in [-0.39, 0.29) is 0 Å². The van der Waals surface area contributed by atoms with Gasteiger partial charge in [-0.2, -0.15) is 0 Å². The standard InChI is InChI=1S/C7H10O6/c1-2-6(9)13-5(3-8)4-12-7(10)11/h2,5,8H,1,3-4H2,(H,10,11). The summed E-state index contributed by atoms with van der Waals surface area (Å²) in [5, 5.41) is 16.7. The summed E-state index contributed by atoms with van der Waals surface area (Å²) in [6.45, 7) is 2.23. The Morgan fingerprint density at radius 1 is 1.54 bits per heavy atom. The molecule has 0 saturated carbocycles. The molecular formula is C7H10O6. The molecule has 0 fully saturated rings. The summed E-state index contributed by atoms with van der Waals surface area (Å²) in [6.07, 6.45) is -1.57. The highest BCUT2D eigenvalue weighted by atomic mass is 16.7. The Morgan fingerprint density at radius 3 is 2.54 bits per heavy atom. The second-order valence-corrected chi connectivity index (χ2v) is 2.02. The molecule has 0 radical (unpaired) electrons. The maximum Gasteiger partial charge on any atom is 0.505 e. The number of hydrogen-bond donors (Lipinski definition) is 2. The molecule has 0 bridgehead atoms. The average molecular weight is 190 g/mol. The van der Waals surface area contributed by atoms with Crippen molar-refractivity contribution < 1.29 is 29.3 Å². The summed E-state index contributed by atoms with van der Waals surface area (Å²) in [6, 6.07) is 0. The van der Waals surface area contributed by atoms with Gasteiger partial charge in [-0.1, -0.05) is 6.58 Å². The molecule has 0 saturated heterocycles. The first-order valence-corrected chi connectivity index (χ1v) is 3.39. The molecule has 6 nitrogen and oxygen atoms in total. The Morgan fingerprint density at radius 2 is 2.15 bits per heavy atom. The molecule has 0 aliphatic heterocycles. The van der Waals surface area contributed by atoms with Crippen LogP contribution in [0.3, 0.4) is 0 Å². The van der Waals surface area contributed by atoms with Gasteiger partial charge in [0.2, 0.25) is 0 Å². The minimum atomic E-state index is -1.49. The van der Waals surface area contributed by atoms with Crippen molar-refractivity contribution in [2.45, 2.75) is 6.10 Å². The molecule has 0 aliphatic rings. The van der Waals surface area contributed by atoms with Crippen LogP contribution >= 0.6 is 0 Å². The topological polar surface area (TPSA) is 93.1 Å². The van der Waals surface area contributed by atoms with Gasteiger partial charge in [0, 0.05) is 6.08 Å². The van der Waals surface area contributed by atoms with Crippen molar-refractivity contribution in [2.24, 2.45) is 0 Å². The number of rotatable bonds is 5. The molecule has 1 atom stereocenters. The second kappa shape index (κ2) is 6.01. The molecule has 6 heteroatoms. The van der Waals surface area contributed by atoms with Gasteiger partial charge < -0.3 is 19.7 Å². The molecule has 0 spiro atoms. The van der Waals surface area contributed by atoms with Gasteiger partial charge >= 0.3 is 12.1 Å². The third-order valence-electron chi connectivity index (χ3n) is 1.05. The second-order valence-electron chi connectivity index (χ2n) is 2.02.